The Morgan fingerprint density at radius 2 is 2.00 bits per heavy atom. The van der Waals surface area contributed by atoms with Crippen molar-refractivity contribution in [3.63, 3.8) is 0 Å². The van der Waals surface area contributed by atoms with Gasteiger partial charge in [-0.05, 0) is 23.8 Å². The Kier molecular flexibility index (Phi) is 5.08. The van der Waals surface area contributed by atoms with Crippen molar-refractivity contribution in [1.82, 2.24) is 0 Å². The van der Waals surface area contributed by atoms with Crippen LogP contribution in [0.3, 0.4) is 0 Å². The highest BCUT2D eigenvalue weighted by atomic mass is 79.9. The van der Waals surface area contributed by atoms with Crippen LogP contribution in [0.2, 0.25) is 0 Å². The van der Waals surface area contributed by atoms with E-state index < -0.39 is 10.8 Å². The summed E-state index contributed by atoms with van der Waals surface area (Å²) < 4.78 is 0.482. The maximum Gasteiger partial charge on any atom is 0.271 e. The minimum atomic E-state index is -0.535. The number of rotatable bonds is 4. The molecule has 5 nitrogen and oxygen atoms in total. The first-order chi connectivity index (χ1) is 9.99. The lowest BCUT2D eigenvalue weighted by Gasteiger charge is -2.07. The molecule has 7 heteroatoms. The second-order valence-corrected chi connectivity index (χ2v) is 5.72. The number of non-ortho nitro benzene ring substituents is 1. The molecule has 2 aromatic carbocycles. The predicted molar refractivity (Wildman–Crippen MR) is 87.8 cm³/mol. The van der Waals surface area contributed by atoms with Gasteiger partial charge in [0.05, 0.1) is 4.92 Å². The first kappa shape index (κ1) is 15.7. The minimum absolute atomic E-state index is 0.135. The van der Waals surface area contributed by atoms with Crippen LogP contribution in [0.4, 0.5) is 11.4 Å². The zero-order chi connectivity index (χ0) is 15.4. The van der Waals surface area contributed by atoms with Crippen LogP contribution >= 0.6 is 31.9 Å². The third-order valence-electron chi connectivity index (χ3n) is 2.69. The fourth-order valence-electron chi connectivity index (χ4n) is 1.75. The van der Waals surface area contributed by atoms with Crippen LogP contribution in [-0.4, -0.2) is 10.8 Å². The molecule has 0 spiro atoms. The first-order valence-electron chi connectivity index (χ1n) is 5.91. The summed E-state index contributed by atoms with van der Waals surface area (Å²) in [6, 6.07) is 11.5. The summed E-state index contributed by atoms with van der Waals surface area (Å²) in [5.74, 6) is -0.397. The lowest BCUT2D eigenvalue weighted by molar-refractivity contribution is -0.384. The van der Waals surface area contributed by atoms with Gasteiger partial charge in [0.1, 0.15) is 0 Å². The average Bonchev–Trinajstić information content (AvgIpc) is 2.46. The molecule has 21 heavy (non-hydrogen) atoms. The van der Waals surface area contributed by atoms with Crippen molar-refractivity contribution in [2.45, 2.75) is 5.33 Å². The van der Waals surface area contributed by atoms with Gasteiger partial charge in [-0.25, -0.2) is 0 Å². The van der Waals surface area contributed by atoms with Gasteiger partial charge in [-0.3, -0.25) is 14.9 Å². The molecule has 0 saturated heterocycles. The molecule has 0 aliphatic rings. The fourth-order valence-corrected chi connectivity index (χ4v) is 2.58. The number of hydrogen-bond donors (Lipinski definition) is 1. The van der Waals surface area contributed by atoms with Gasteiger partial charge >= 0.3 is 0 Å². The molecule has 108 valence electrons. The fraction of sp³-hybridized carbons (Fsp3) is 0.0714. The summed E-state index contributed by atoms with van der Waals surface area (Å²) in [5, 5.41) is 14.2. The highest BCUT2D eigenvalue weighted by Gasteiger charge is 2.14. The molecule has 2 rings (SSSR count). The van der Waals surface area contributed by atoms with Crippen LogP contribution < -0.4 is 5.32 Å². The lowest BCUT2D eigenvalue weighted by Crippen LogP contribution is -2.12. The van der Waals surface area contributed by atoms with Crippen LogP contribution in [0.1, 0.15) is 15.9 Å². The SMILES string of the molecule is O=C(Nc1cccc(CBr)c1)c1cc(Br)cc([N+](=O)[O-])c1. The normalized spacial score (nSPS) is 10.2. The van der Waals surface area contributed by atoms with Crippen molar-refractivity contribution in [1.29, 1.82) is 0 Å². The molecule has 2 aromatic rings. The maximum absolute atomic E-state index is 12.2. The quantitative estimate of drug-likeness (QED) is 0.455. The maximum atomic E-state index is 12.2. The second-order valence-electron chi connectivity index (χ2n) is 4.24. The largest absolute Gasteiger partial charge is 0.322 e. The summed E-state index contributed by atoms with van der Waals surface area (Å²) in [4.78, 5) is 22.5. The number of anilines is 1. The third-order valence-corrected chi connectivity index (χ3v) is 3.80. The smallest absolute Gasteiger partial charge is 0.271 e. The number of benzene rings is 2. The van der Waals surface area contributed by atoms with Crippen molar-refractivity contribution >= 4 is 49.1 Å². The van der Waals surface area contributed by atoms with E-state index in [4.69, 9.17) is 0 Å². The summed E-state index contributed by atoms with van der Waals surface area (Å²) in [6.45, 7) is 0. The molecule has 0 heterocycles. The van der Waals surface area contributed by atoms with E-state index in [1.165, 1.54) is 18.2 Å². The molecule has 1 amide bonds. The number of halogens is 2. The van der Waals surface area contributed by atoms with Gasteiger partial charge in [0, 0.05) is 33.2 Å². The van der Waals surface area contributed by atoms with E-state index in [2.05, 4.69) is 37.2 Å². The van der Waals surface area contributed by atoms with Crippen LogP contribution in [0, 0.1) is 10.1 Å². The van der Waals surface area contributed by atoms with E-state index in [0.29, 0.717) is 15.5 Å². The minimum Gasteiger partial charge on any atom is -0.322 e. The third kappa shape index (κ3) is 4.12. The van der Waals surface area contributed by atoms with Crippen molar-refractivity contribution in [3.05, 3.63) is 68.2 Å². The molecular formula is C14H10Br2N2O3. The number of nitro groups is 1. The van der Waals surface area contributed by atoms with E-state index in [1.54, 1.807) is 6.07 Å². The molecule has 0 aliphatic heterocycles. The molecule has 1 N–H and O–H groups in total. The predicted octanol–water partition coefficient (Wildman–Crippen LogP) is 4.50. The Bertz CT molecular complexity index is 704. The molecule has 0 saturated carbocycles. The molecule has 0 fully saturated rings. The Morgan fingerprint density at radius 3 is 2.67 bits per heavy atom. The number of nitrogens with zero attached hydrogens (tertiary/aromatic N) is 1. The molecule has 0 bridgehead atoms. The molecule has 0 radical (unpaired) electrons. The number of nitro benzene ring substituents is 1. The van der Waals surface area contributed by atoms with Crippen molar-refractivity contribution in [2.24, 2.45) is 0 Å². The molecular weight excluding hydrogens is 404 g/mol. The zero-order valence-corrected chi connectivity index (χ0v) is 13.8. The van der Waals surface area contributed by atoms with Crippen LogP contribution in [0.5, 0.6) is 0 Å². The van der Waals surface area contributed by atoms with Gasteiger partial charge in [0.2, 0.25) is 0 Å². The Balaban J connectivity index is 2.25. The van der Waals surface area contributed by atoms with Gasteiger partial charge in [0.25, 0.3) is 11.6 Å². The van der Waals surface area contributed by atoms with E-state index >= 15 is 0 Å². The Morgan fingerprint density at radius 1 is 1.24 bits per heavy atom. The number of carbonyl (C=O) groups is 1. The topological polar surface area (TPSA) is 72.2 Å². The van der Waals surface area contributed by atoms with Crippen LogP contribution in [-0.2, 0) is 5.33 Å². The first-order valence-corrected chi connectivity index (χ1v) is 7.82. The van der Waals surface area contributed by atoms with Gasteiger partial charge < -0.3 is 5.32 Å². The number of nitrogens with one attached hydrogen (secondary N) is 1. The van der Waals surface area contributed by atoms with Gasteiger partial charge in [0.15, 0.2) is 0 Å². The van der Waals surface area contributed by atoms with E-state index in [1.807, 2.05) is 18.2 Å². The number of amides is 1. The Hall–Kier alpha value is -1.73. The lowest BCUT2D eigenvalue weighted by atomic mass is 10.1. The molecule has 0 unspecified atom stereocenters. The van der Waals surface area contributed by atoms with Crippen molar-refractivity contribution in [3.8, 4) is 0 Å². The van der Waals surface area contributed by atoms with Crippen molar-refractivity contribution < 1.29 is 9.72 Å². The van der Waals surface area contributed by atoms with Crippen LogP contribution in [0.25, 0.3) is 0 Å². The Labute approximate surface area is 137 Å². The molecule has 0 aliphatic carbocycles. The molecule has 0 aromatic heterocycles. The zero-order valence-electron chi connectivity index (χ0n) is 10.7. The van der Waals surface area contributed by atoms with E-state index in [9.17, 15) is 14.9 Å². The monoisotopic (exact) mass is 412 g/mol. The van der Waals surface area contributed by atoms with Gasteiger partial charge in [-0.15, -0.1) is 0 Å². The van der Waals surface area contributed by atoms with Gasteiger partial charge in [-0.2, -0.15) is 0 Å². The summed E-state index contributed by atoms with van der Waals surface area (Å²) in [6.07, 6.45) is 0. The number of alkyl halides is 1. The number of carbonyl (C=O) groups excluding carboxylic acids is 1. The highest BCUT2D eigenvalue weighted by molar-refractivity contribution is 9.10. The van der Waals surface area contributed by atoms with E-state index in [0.717, 1.165) is 5.56 Å². The summed E-state index contributed by atoms with van der Waals surface area (Å²) in [7, 11) is 0. The summed E-state index contributed by atoms with van der Waals surface area (Å²) >= 11 is 6.51. The van der Waals surface area contributed by atoms with Crippen molar-refractivity contribution in [2.75, 3.05) is 5.32 Å². The molecule has 0 atom stereocenters. The van der Waals surface area contributed by atoms with Crippen LogP contribution in [0.15, 0.2) is 46.9 Å². The standard InChI is InChI=1S/C14H10Br2N2O3/c15-8-9-2-1-3-12(4-9)17-14(19)10-5-11(16)7-13(6-10)18(20)21/h1-7H,8H2,(H,17,19). The highest BCUT2D eigenvalue weighted by Crippen LogP contribution is 2.22. The second kappa shape index (κ2) is 6.82. The van der Waals surface area contributed by atoms with E-state index in [-0.39, 0.29) is 11.3 Å². The number of hydrogen-bond acceptors (Lipinski definition) is 3. The average molecular weight is 414 g/mol. The summed E-state index contributed by atoms with van der Waals surface area (Å²) in [5.41, 5.74) is 1.75. The van der Waals surface area contributed by atoms with Gasteiger partial charge in [-0.1, -0.05) is 44.0 Å².